The van der Waals surface area contributed by atoms with Gasteiger partial charge >= 0.3 is 0 Å². The van der Waals surface area contributed by atoms with E-state index in [4.69, 9.17) is 10.5 Å². The molecule has 0 aromatic carbocycles. The van der Waals surface area contributed by atoms with Crippen LogP contribution in [0.5, 0.6) is 0 Å². The maximum atomic E-state index is 11.8. The van der Waals surface area contributed by atoms with Crippen LogP contribution in [0.25, 0.3) is 0 Å². The molecule has 2 saturated carbocycles. The third-order valence-corrected chi connectivity index (χ3v) is 5.80. The molecule has 150 valence electrons. The molecule has 2 aliphatic carbocycles. The Labute approximate surface area is 160 Å². The average Bonchev–Trinajstić information content (AvgIpc) is 2.64. The summed E-state index contributed by atoms with van der Waals surface area (Å²) in [7, 11) is 1.76. The van der Waals surface area contributed by atoms with Crippen molar-refractivity contribution in [1.82, 2.24) is 9.97 Å². The van der Waals surface area contributed by atoms with Crippen LogP contribution in [0, 0.1) is 0 Å². The van der Waals surface area contributed by atoms with Gasteiger partial charge in [-0.15, -0.1) is 0 Å². The quantitative estimate of drug-likeness (QED) is 0.598. The summed E-state index contributed by atoms with van der Waals surface area (Å²) in [4.78, 5) is 20.6. The lowest BCUT2D eigenvalue weighted by Crippen LogP contribution is -2.36. The van der Waals surface area contributed by atoms with Crippen molar-refractivity contribution in [3.8, 4) is 0 Å². The average molecular weight is 377 g/mol. The molecule has 0 bridgehead atoms. The molecule has 1 heterocycles. The van der Waals surface area contributed by atoms with Crippen molar-refractivity contribution in [2.75, 3.05) is 17.7 Å². The number of ether oxygens (including phenoxy) is 1. The van der Waals surface area contributed by atoms with Crippen LogP contribution >= 0.6 is 0 Å². The van der Waals surface area contributed by atoms with Gasteiger partial charge in [0.15, 0.2) is 0 Å². The number of primary amides is 1. The predicted molar refractivity (Wildman–Crippen MR) is 104 cm³/mol. The van der Waals surface area contributed by atoms with E-state index in [2.05, 4.69) is 20.6 Å². The number of amides is 1. The second kappa shape index (κ2) is 8.39. The number of carbonyl (C=O) groups excluding carboxylic acids is 1. The molecule has 0 atom stereocenters. The number of nitrogens with two attached hydrogens (primary N) is 1. The van der Waals surface area contributed by atoms with Crippen molar-refractivity contribution >= 4 is 17.7 Å². The summed E-state index contributed by atoms with van der Waals surface area (Å²) in [6.07, 6.45) is 8.92. The minimum atomic E-state index is -0.607. The van der Waals surface area contributed by atoms with Crippen LogP contribution in [0.2, 0.25) is 0 Å². The maximum Gasteiger partial charge on any atom is 0.254 e. The second-order valence-corrected chi connectivity index (χ2v) is 8.09. The molecule has 8 heteroatoms. The zero-order valence-corrected chi connectivity index (χ0v) is 16.2. The molecule has 0 spiro atoms. The Morgan fingerprint density at radius 3 is 2.41 bits per heavy atom. The second-order valence-electron chi connectivity index (χ2n) is 8.09. The first-order chi connectivity index (χ1) is 12.9. The molecule has 0 saturated heterocycles. The highest BCUT2D eigenvalue weighted by Crippen LogP contribution is 2.30. The summed E-state index contributed by atoms with van der Waals surface area (Å²) in [6, 6.07) is 0.455. The van der Waals surface area contributed by atoms with Crippen LogP contribution in [-0.4, -0.2) is 51.9 Å². The Bertz CT molecular complexity index is 649. The molecule has 8 nitrogen and oxygen atoms in total. The fraction of sp³-hybridized carbons (Fsp3) is 0.737. The van der Waals surface area contributed by atoms with Gasteiger partial charge in [-0.25, -0.2) is 4.98 Å². The van der Waals surface area contributed by atoms with E-state index >= 15 is 0 Å². The van der Waals surface area contributed by atoms with E-state index in [1.54, 1.807) is 7.11 Å². The number of aromatic nitrogens is 2. The fourth-order valence-corrected chi connectivity index (χ4v) is 3.94. The number of anilines is 2. The molecule has 1 amide bonds. The van der Waals surface area contributed by atoms with Gasteiger partial charge in [-0.05, 0) is 58.3 Å². The molecule has 0 aliphatic heterocycles. The summed E-state index contributed by atoms with van der Waals surface area (Å²) < 4.78 is 5.41. The summed E-state index contributed by atoms with van der Waals surface area (Å²) in [5, 5.41) is 16.8. The standard InChI is InChI=1S/C19H31N5O3/c1-19(26)9-7-13(8-10-19)22-17-15(16(20)25)11-21-18(24-17)23-12-3-5-14(27-2)6-4-12/h11-14,26H,3-10H2,1-2H3,(H2,20,25)(H2,21,22,23,24). The van der Waals surface area contributed by atoms with Crippen molar-refractivity contribution in [2.24, 2.45) is 5.73 Å². The highest BCUT2D eigenvalue weighted by Gasteiger charge is 2.29. The van der Waals surface area contributed by atoms with E-state index in [1.807, 2.05) is 6.92 Å². The number of hydrogen-bond donors (Lipinski definition) is 4. The smallest absolute Gasteiger partial charge is 0.254 e. The number of rotatable bonds is 6. The zero-order valence-electron chi connectivity index (χ0n) is 16.2. The van der Waals surface area contributed by atoms with E-state index in [0.717, 1.165) is 51.4 Å². The van der Waals surface area contributed by atoms with Crippen molar-refractivity contribution in [3.05, 3.63) is 11.8 Å². The molecule has 5 N–H and O–H groups in total. The van der Waals surface area contributed by atoms with E-state index < -0.39 is 11.5 Å². The Morgan fingerprint density at radius 2 is 1.81 bits per heavy atom. The number of aliphatic hydroxyl groups is 1. The molecule has 3 rings (SSSR count). The zero-order chi connectivity index (χ0) is 19.4. The third-order valence-electron chi connectivity index (χ3n) is 5.80. The molecule has 0 radical (unpaired) electrons. The first kappa shape index (κ1) is 19.8. The normalized spacial score (nSPS) is 31.3. The van der Waals surface area contributed by atoms with E-state index in [9.17, 15) is 9.90 Å². The van der Waals surface area contributed by atoms with Gasteiger partial charge in [0.1, 0.15) is 5.82 Å². The molecule has 0 unspecified atom stereocenters. The van der Waals surface area contributed by atoms with Crippen LogP contribution in [-0.2, 0) is 4.74 Å². The highest BCUT2D eigenvalue weighted by molar-refractivity contribution is 5.97. The van der Waals surface area contributed by atoms with Gasteiger partial charge in [0.25, 0.3) is 5.91 Å². The van der Waals surface area contributed by atoms with E-state index in [0.29, 0.717) is 29.5 Å². The Hall–Kier alpha value is -1.93. The Kier molecular flexibility index (Phi) is 6.16. The van der Waals surface area contributed by atoms with Gasteiger partial charge in [-0.2, -0.15) is 4.98 Å². The number of hydrogen-bond acceptors (Lipinski definition) is 7. The molecular formula is C19H31N5O3. The van der Waals surface area contributed by atoms with Gasteiger partial charge < -0.3 is 26.2 Å². The van der Waals surface area contributed by atoms with E-state index in [-0.39, 0.29) is 6.04 Å². The minimum Gasteiger partial charge on any atom is -0.390 e. The molecule has 2 fully saturated rings. The van der Waals surface area contributed by atoms with Crippen LogP contribution in [0.1, 0.15) is 68.6 Å². The lowest BCUT2D eigenvalue weighted by Gasteiger charge is -2.34. The van der Waals surface area contributed by atoms with Crippen LogP contribution < -0.4 is 16.4 Å². The monoisotopic (exact) mass is 377 g/mol. The topological polar surface area (TPSA) is 122 Å². The largest absolute Gasteiger partial charge is 0.390 e. The highest BCUT2D eigenvalue weighted by atomic mass is 16.5. The fourth-order valence-electron chi connectivity index (χ4n) is 3.94. The Morgan fingerprint density at radius 1 is 1.19 bits per heavy atom. The van der Waals surface area contributed by atoms with Gasteiger partial charge in [0.2, 0.25) is 5.95 Å². The van der Waals surface area contributed by atoms with Gasteiger partial charge in [0, 0.05) is 25.4 Å². The predicted octanol–water partition coefficient (Wildman–Crippen LogP) is 2.05. The first-order valence-corrected chi connectivity index (χ1v) is 9.81. The van der Waals surface area contributed by atoms with Crippen molar-refractivity contribution in [3.63, 3.8) is 0 Å². The van der Waals surface area contributed by atoms with E-state index in [1.165, 1.54) is 6.20 Å². The number of carbonyl (C=O) groups is 1. The SMILES string of the molecule is COC1CCC(Nc2ncc(C(N)=O)c(NC3CCC(C)(O)CC3)n2)CC1. The van der Waals surface area contributed by atoms with Crippen molar-refractivity contribution in [2.45, 2.75) is 82.1 Å². The molecular weight excluding hydrogens is 346 g/mol. The van der Waals surface area contributed by atoms with Crippen LogP contribution in [0.3, 0.4) is 0 Å². The third kappa shape index (κ3) is 5.29. The van der Waals surface area contributed by atoms with Crippen LogP contribution in [0.15, 0.2) is 6.20 Å². The molecule has 1 aromatic rings. The van der Waals surface area contributed by atoms with Gasteiger partial charge in [-0.3, -0.25) is 4.79 Å². The summed E-state index contributed by atoms with van der Waals surface area (Å²) in [6.45, 7) is 1.86. The minimum absolute atomic E-state index is 0.156. The molecule has 2 aliphatic rings. The lowest BCUT2D eigenvalue weighted by molar-refractivity contribution is 0.0196. The van der Waals surface area contributed by atoms with Crippen LogP contribution in [0.4, 0.5) is 11.8 Å². The Balaban J connectivity index is 1.67. The summed E-state index contributed by atoms with van der Waals surface area (Å²) >= 11 is 0. The first-order valence-electron chi connectivity index (χ1n) is 9.81. The number of methoxy groups -OCH3 is 1. The molecule has 27 heavy (non-hydrogen) atoms. The van der Waals surface area contributed by atoms with Crippen molar-refractivity contribution < 1.29 is 14.6 Å². The summed E-state index contributed by atoms with van der Waals surface area (Å²) in [5.41, 5.74) is 5.18. The van der Waals surface area contributed by atoms with Gasteiger partial charge in [0.05, 0.1) is 17.3 Å². The maximum absolute atomic E-state index is 11.8. The van der Waals surface area contributed by atoms with Crippen molar-refractivity contribution in [1.29, 1.82) is 0 Å². The summed E-state index contributed by atoms with van der Waals surface area (Å²) in [5.74, 6) is 0.427. The number of nitrogens with zero attached hydrogens (tertiary/aromatic N) is 2. The number of nitrogens with one attached hydrogen (secondary N) is 2. The molecule has 1 aromatic heterocycles. The van der Waals surface area contributed by atoms with Gasteiger partial charge in [-0.1, -0.05) is 0 Å². The lowest BCUT2D eigenvalue weighted by atomic mass is 9.83.